The van der Waals surface area contributed by atoms with Crippen molar-refractivity contribution >= 4 is 108 Å². The number of hydrogen-bond donors (Lipinski definition) is 3. The van der Waals surface area contributed by atoms with E-state index in [0.29, 0.717) is 32.4 Å². The molecular weight excluding hydrogens is 1090 g/mol. The third-order valence-electron chi connectivity index (χ3n) is 13.7. The van der Waals surface area contributed by atoms with Crippen LogP contribution in [0.4, 0.5) is 11.4 Å². The molecule has 404 valence electrons. The van der Waals surface area contributed by atoms with Crippen LogP contribution in [0, 0.1) is 27.7 Å². The number of aryl methyl sites for hydroxylation is 6. The van der Waals surface area contributed by atoms with E-state index in [1.165, 1.54) is 46.6 Å². The van der Waals surface area contributed by atoms with Crippen LogP contribution in [0.25, 0.3) is 83.2 Å². The Bertz CT molecular complexity index is 3950. The molecule has 0 aliphatic carbocycles. The minimum Gasteiger partial charge on any atom is -0.391 e. The van der Waals surface area contributed by atoms with E-state index in [0.717, 1.165) is 94.0 Å². The molecule has 0 spiro atoms. The van der Waals surface area contributed by atoms with Crippen LogP contribution in [-0.2, 0) is 27.1 Å². The van der Waals surface area contributed by atoms with Gasteiger partial charge in [0.2, 0.25) is 0 Å². The molecule has 80 heavy (non-hydrogen) atoms. The standard InChI is InChI=1S/C33H31N3O3S3.C32H29N3OS2/c1-21-4-16-28-30(18-21)40-32(35-28)24-9-6-23(7-10-24)8-15-27(39-42(3,37)38)20-34-26-13-11-25(12-14-26)33-36-29-17-5-22(2)19-31(29)41-33;1-20-3-15-27-29(17-20)37-31(34-27)23-8-5-22(6-9-23)7-14-26(36)19-33-25-12-10-24(11-13-25)32-35-28-16-4-21(2)18-30(28)38-32/h4-7,9-14,16-19,27,34H,8,15,20H2,1-3H3;3-6,8-13,15-18,26,33,36H,7,14,19H2,1-2H3. The van der Waals surface area contributed by atoms with Crippen LogP contribution in [0.2, 0.25) is 0 Å². The van der Waals surface area contributed by atoms with Gasteiger partial charge in [0.15, 0.2) is 0 Å². The Hall–Kier alpha value is -7.21. The zero-order valence-electron chi connectivity index (χ0n) is 45.1. The number of aromatic nitrogens is 4. The number of aliphatic hydroxyl groups is 1. The summed E-state index contributed by atoms with van der Waals surface area (Å²) in [7, 11) is -3.60. The summed E-state index contributed by atoms with van der Waals surface area (Å²) in [5, 5.41) is 21.3. The summed E-state index contributed by atoms with van der Waals surface area (Å²) in [5.74, 6) is 0. The van der Waals surface area contributed by atoms with Crippen molar-refractivity contribution in [3.63, 3.8) is 0 Å². The molecule has 0 fully saturated rings. The molecule has 8 aromatic carbocycles. The highest BCUT2D eigenvalue weighted by Gasteiger charge is 2.18. The smallest absolute Gasteiger partial charge is 0.264 e. The molecule has 0 saturated carbocycles. The van der Waals surface area contributed by atoms with E-state index in [9.17, 15) is 13.5 Å². The molecule has 4 aromatic heterocycles. The molecule has 12 aromatic rings. The minimum atomic E-state index is -3.60. The first kappa shape index (κ1) is 54.7. The zero-order valence-corrected chi connectivity index (χ0v) is 49.1. The van der Waals surface area contributed by atoms with Crippen LogP contribution < -0.4 is 10.6 Å². The predicted molar refractivity (Wildman–Crippen MR) is 339 cm³/mol. The number of rotatable bonds is 18. The molecule has 0 saturated heterocycles. The quantitative estimate of drug-likeness (QED) is 0.0712. The summed E-state index contributed by atoms with van der Waals surface area (Å²) in [5.41, 5.74) is 17.7. The monoisotopic (exact) mass is 1150 g/mol. The van der Waals surface area contributed by atoms with Crippen molar-refractivity contribution in [3.8, 4) is 42.3 Å². The highest BCUT2D eigenvalue weighted by Crippen LogP contribution is 2.35. The summed E-state index contributed by atoms with van der Waals surface area (Å²) in [4.78, 5) is 19.1. The van der Waals surface area contributed by atoms with Gasteiger partial charge < -0.3 is 15.7 Å². The van der Waals surface area contributed by atoms with Gasteiger partial charge in [-0.15, -0.1) is 45.3 Å². The number of hydrogen-bond acceptors (Lipinski definition) is 14. The van der Waals surface area contributed by atoms with E-state index in [1.807, 2.05) is 24.3 Å². The number of aliphatic hydroxyl groups excluding tert-OH is 1. The molecule has 10 nitrogen and oxygen atoms in total. The van der Waals surface area contributed by atoms with Crippen molar-refractivity contribution in [3.05, 3.63) is 203 Å². The third-order valence-corrected chi connectivity index (χ3v) is 18.6. The largest absolute Gasteiger partial charge is 0.391 e. The molecule has 15 heteroatoms. The van der Waals surface area contributed by atoms with Gasteiger partial charge in [0, 0.05) is 46.7 Å². The van der Waals surface area contributed by atoms with Crippen LogP contribution in [0.5, 0.6) is 0 Å². The van der Waals surface area contributed by atoms with E-state index < -0.39 is 22.3 Å². The number of nitrogens with one attached hydrogen (secondary N) is 2. The van der Waals surface area contributed by atoms with E-state index in [1.54, 1.807) is 45.3 Å². The number of thiazole rings is 4. The Balaban J connectivity index is 0.000000170. The van der Waals surface area contributed by atoms with Gasteiger partial charge in [-0.3, -0.25) is 4.18 Å². The maximum atomic E-state index is 12.0. The summed E-state index contributed by atoms with van der Waals surface area (Å²) in [6.45, 7) is 9.28. The SMILES string of the molecule is Cc1ccc2nc(-c3ccc(CCC(CNc4ccc(-c5nc6ccc(C)cc6s5)cc4)OS(C)(=O)=O)cc3)sc2c1.Cc1ccc2nc(-c3ccc(CCC(O)CNc4ccc(-c5nc6ccc(C)cc6s5)cc4)cc3)sc2c1. The van der Waals surface area contributed by atoms with Gasteiger partial charge in [0.05, 0.1) is 59.3 Å². The third kappa shape index (κ3) is 13.8. The Kier molecular flexibility index (Phi) is 16.6. The summed E-state index contributed by atoms with van der Waals surface area (Å²) in [6.07, 6.45) is 2.96. The van der Waals surface area contributed by atoms with Crippen LogP contribution in [0.1, 0.15) is 46.2 Å². The lowest BCUT2D eigenvalue weighted by Crippen LogP contribution is -2.26. The number of benzene rings is 8. The molecule has 0 aliphatic heterocycles. The molecule has 3 N–H and O–H groups in total. The molecule has 0 bridgehead atoms. The van der Waals surface area contributed by atoms with Crippen molar-refractivity contribution in [1.29, 1.82) is 0 Å². The lowest BCUT2D eigenvalue weighted by atomic mass is 10.0. The van der Waals surface area contributed by atoms with Gasteiger partial charge in [-0.1, -0.05) is 72.8 Å². The fourth-order valence-electron chi connectivity index (χ4n) is 9.37. The normalized spacial score (nSPS) is 12.5. The Morgan fingerprint density at radius 2 is 0.750 bits per heavy atom. The Labute approximate surface area is 483 Å². The molecule has 0 amide bonds. The zero-order chi connectivity index (χ0) is 55.3. The Morgan fingerprint density at radius 1 is 0.438 bits per heavy atom. The van der Waals surface area contributed by atoms with Gasteiger partial charge in [0.25, 0.3) is 10.1 Å². The maximum absolute atomic E-state index is 12.0. The maximum Gasteiger partial charge on any atom is 0.264 e. The summed E-state index contributed by atoms with van der Waals surface area (Å²) >= 11 is 6.82. The van der Waals surface area contributed by atoms with Crippen LogP contribution in [0.15, 0.2) is 170 Å². The highest BCUT2D eigenvalue weighted by molar-refractivity contribution is 7.86. The summed E-state index contributed by atoms with van der Waals surface area (Å²) in [6, 6.07) is 58.6. The fraction of sp³-hybridized carbons (Fsp3) is 0.200. The lowest BCUT2D eigenvalue weighted by Gasteiger charge is -2.18. The lowest BCUT2D eigenvalue weighted by molar-refractivity contribution is 0.177. The molecule has 0 radical (unpaired) electrons. The van der Waals surface area contributed by atoms with Crippen LogP contribution >= 0.6 is 45.3 Å². The molecule has 12 rings (SSSR count). The van der Waals surface area contributed by atoms with E-state index >= 15 is 0 Å². The van der Waals surface area contributed by atoms with Gasteiger partial charge in [-0.2, -0.15) is 8.42 Å². The molecule has 2 unspecified atom stereocenters. The minimum absolute atomic E-state index is 0.371. The first-order valence-electron chi connectivity index (χ1n) is 26.6. The molecule has 0 aliphatic rings. The predicted octanol–water partition coefficient (Wildman–Crippen LogP) is 16.5. The molecule has 4 heterocycles. The average molecular weight is 1150 g/mol. The second-order valence-corrected chi connectivity index (χ2v) is 26.1. The molecular formula is C65H60N6O4S5. The summed E-state index contributed by atoms with van der Waals surface area (Å²) < 4.78 is 34.2. The van der Waals surface area contributed by atoms with Gasteiger partial charge >= 0.3 is 0 Å². The first-order chi connectivity index (χ1) is 38.7. The first-order valence-corrected chi connectivity index (χ1v) is 31.7. The topological polar surface area (TPSA) is 139 Å². The second-order valence-electron chi connectivity index (χ2n) is 20.4. The van der Waals surface area contributed by atoms with Crippen molar-refractivity contribution < 1.29 is 17.7 Å². The van der Waals surface area contributed by atoms with Crippen molar-refractivity contribution in [2.75, 3.05) is 30.0 Å². The van der Waals surface area contributed by atoms with Crippen molar-refractivity contribution in [1.82, 2.24) is 19.9 Å². The highest BCUT2D eigenvalue weighted by atomic mass is 32.2. The van der Waals surface area contributed by atoms with Crippen molar-refractivity contribution in [2.24, 2.45) is 0 Å². The average Bonchev–Trinajstić information content (AvgIpc) is 4.30. The van der Waals surface area contributed by atoms with Gasteiger partial charge in [-0.25, -0.2) is 19.9 Å². The van der Waals surface area contributed by atoms with E-state index in [4.69, 9.17) is 24.1 Å². The second kappa shape index (κ2) is 24.3. The van der Waals surface area contributed by atoms with Crippen molar-refractivity contribution in [2.45, 2.75) is 65.6 Å². The molecule has 2 atom stereocenters. The van der Waals surface area contributed by atoms with Gasteiger partial charge in [0.1, 0.15) is 20.0 Å². The fourth-order valence-corrected chi connectivity index (χ4v) is 14.3. The number of nitrogens with zero attached hydrogens (tertiary/aromatic N) is 4. The van der Waals surface area contributed by atoms with Crippen LogP contribution in [-0.4, -0.2) is 65.0 Å². The van der Waals surface area contributed by atoms with Crippen LogP contribution in [0.3, 0.4) is 0 Å². The van der Waals surface area contributed by atoms with E-state index in [2.05, 4.69) is 184 Å². The van der Waals surface area contributed by atoms with E-state index in [-0.39, 0.29) is 0 Å². The van der Waals surface area contributed by atoms with Gasteiger partial charge in [-0.05, 0) is 184 Å². The number of fused-ring (bicyclic) bond motifs is 4. The Morgan fingerprint density at radius 3 is 1.09 bits per heavy atom. The number of anilines is 2.